The summed E-state index contributed by atoms with van der Waals surface area (Å²) in [7, 11) is 0. The van der Waals surface area contributed by atoms with Crippen LogP contribution in [0.5, 0.6) is 0 Å². The molecular formula is C22H30O3. The van der Waals surface area contributed by atoms with Crippen LogP contribution in [0.1, 0.15) is 58.3 Å². The van der Waals surface area contributed by atoms with Gasteiger partial charge in [0.25, 0.3) is 0 Å². The first kappa shape index (κ1) is 16.3. The van der Waals surface area contributed by atoms with Gasteiger partial charge in [0.05, 0.1) is 12.2 Å². The highest BCUT2D eigenvalue weighted by Crippen LogP contribution is 2.75. The lowest BCUT2D eigenvalue weighted by atomic mass is 9.50. The van der Waals surface area contributed by atoms with E-state index in [4.69, 9.17) is 0 Å². The molecule has 136 valence electrons. The number of rotatable bonds is 2. The van der Waals surface area contributed by atoms with Crippen LogP contribution in [-0.4, -0.2) is 28.2 Å². The van der Waals surface area contributed by atoms with E-state index in [1.165, 1.54) is 18.4 Å². The number of hydrogen-bond acceptors (Lipinski definition) is 3. The molecule has 0 aromatic rings. The highest BCUT2D eigenvalue weighted by atomic mass is 16.3. The number of carbonyl (C=O) groups is 1. The Hall–Kier alpha value is -0.930. The van der Waals surface area contributed by atoms with Crippen molar-refractivity contribution < 1.29 is 15.0 Å². The predicted molar refractivity (Wildman–Crippen MR) is 95.7 cm³/mol. The van der Waals surface area contributed by atoms with Crippen molar-refractivity contribution in [1.82, 2.24) is 0 Å². The summed E-state index contributed by atoms with van der Waals surface area (Å²) in [6.07, 6.45) is 11.9. The molecule has 5 aliphatic carbocycles. The Kier molecular flexibility index (Phi) is 3.44. The normalized spacial score (nSPS) is 51.2. The van der Waals surface area contributed by atoms with Gasteiger partial charge in [0.2, 0.25) is 0 Å². The molecule has 3 fully saturated rings. The van der Waals surface area contributed by atoms with Gasteiger partial charge in [-0.1, -0.05) is 30.2 Å². The van der Waals surface area contributed by atoms with Crippen LogP contribution in [0.3, 0.4) is 0 Å². The van der Waals surface area contributed by atoms with Crippen LogP contribution >= 0.6 is 0 Å². The maximum Gasteiger partial charge on any atom is 0.137 e. The lowest BCUT2D eigenvalue weighted by molar-refractivity contribution is -0.119. The second-order valence-corrected chi connectivity index (χ2v) is 9.55. The summed E-state index contributed by atoms with van der Waals surface area (Å²) in [5.41, 5.74) is 2.33. The van der Waals surface area contributed by atoms with Crippen molar-refractivity contribution in [2.45, 2.75) is 63.9 Å². The summed E-state index contributed by atoms with van der Waals surface area (Å²) in [6, 6.07) is 0. The smallest absolute Gasteiger partial charge is 0.137 e. The molecule has 25 heavy (non-hydrogen) atoms. The monoisotopic (exact) mass is 342 g/mol. The number of aliphatic hydroxyl groups excluding tert-OH is 1. The van der Waals surface area contributed by atoms with Gasteiger partial charge in [-0.05, 0) is 68.1 Å². The molecule has 5 rings (SSSR count). The van der Waals surface area contributed by atoms with E-state index in [0.29, 0.717) is 35.4 Å². The third-order valence-corrected chi connectivity index (χ3v) is 8.71. The summed E-state index contributed by atoms with van der Waals surface area (Å²) in [6.45, 7) is 2.33. The number of fused-ring (bicyclic) bond motifs is 6. The van der Waals surface area contributed by atoms with E-state index in [1.54, 1.807) is 11.6 Å². The molecule has 2 N–H and O–H groups in total. The average Bonchev–Trinajstić information content (AvgIpc) is 3.36. The zero-order valence-corrected chi connectivity index (χ0v) is 15.2. The maximum absolute atomic E-state index is 11.9. The third-order valence-electron chi connectivity index (χ3n) is 8.71. The fourth-order valence-electron chi connectivity index (χ4n) is 7.65. The molecule has 0 heterocycles. The second kappa shape index (κ2) is 5.29. The van der Waals surface area contributed by atoms with Crippen LogP contribution in [0.15, 0.2) is 23.3 Å². The minimum absolute atomic E-state index is 0.0107. The first-order chi connectivity index (χ1) is 12.0. The van der Waals surface area contributed by atoms with Crippen LogP contribution < -0.4 is 0 Å². The van der Waals surface area contributed by atoms with E-state index < -0.39 is 5.60 Å². The van der Waals surface area contributed by atoms with Crippen molar-refractivity contribution in [2.24, 2.45) is 35.0 Å². The molecular weight excluding hydrogens is 312 g/mol. The molecule has 7 atom stereocenters. The van der Waals surface area contributed by atoms with E-state index in [0.717, 1.165) is 38.5 Å². The van der Waals surface area contributed by atoms with Gasteiger partial charge in [-0.2, -0.15) is 0 Å². The van der Waals surface area contributed by atoms with Crippen LogP contribution in [0, 0.1) is 35.0 Å². The van der Waals surface area contributed by atoms with Gasteiger partial charge in [-0.15, -0.1) is 0 Å². The van der Waals surface area contributed by atoms with Crippen LogP contribution in [-0.2, 0) is 4.79 Å². The van der Waals surface area contributed by atoms with Crippen LogP contribution in [0.25, 0.3) is 0 Å². The molecule has 0 spiro atoms. The summed E-state index contributed by atoms with van der Waals surface area (Å²) in [5.74, 6) is 3.46. The largest absolute Gasteiger partial charge is 0.392 e. The van der Waals surface area contributed by atoms with E-state index >= 15 is 0 Å². The van der Waals surface area contributed by atoms with Crippen molar-refractivity contribution in [1.29, 1.82) is 0 Å². The van der Waals surface area contributed by atoms with Gasteiger partial charge in [0, 0.05) is 18.3 Å². The minimum atomic E-state index is -0.729. The van der Waals surface area contributed by atoms with Gasteiger partial charge < -0.3 is 10.2 Å². The number of ketones is 1. The standard InChI is InChI=1S/C22H30O3/c1-21-9-7-16-15-6-4-14(24)11-13(15)3-5-17(16)20(21)18-12-19(18)22(21,25)8-2-10-23/h2,8,16-20,23,25H,3-7,9-12H2,1H3/t16?,17?,18?,19?,20?,21-,22-/m0/s1. The first-order valence-electron chi connectivity index (χ1n) is 10.2. The number of aliphatic hydroxyl groups is 2. The Bertz CT molecular complexity index is 677. The zero-order chi connectivity index (χ0) is 17.4. The first-order valence-corrected chi connectivity index (χ1v) is 10.2. The van der Waals surface area contributed by atoms with Gasteiger partial charge in [-0.3, -0.25) is 4.79 Å². The molecule has 0 saturated heterocycles. The summed E-state index contributed by atoms with van der Waals surface area (Å²) in [5, 5.41) is 20.8. The van der Waals surface area contributed by atoms with Gasteiger partial charge >= 0.3 is 0 Å². The van der Waals surface area contributed by atoms with Crippen LogP contribution in [0.2, 0.25) is 0 Å². The Morgan fingerprint density at radius 2 is 2.04 bits per heavy atom. The topological polar surface area (TPSA) is 57.5 Å². The van der Waals surface area contributed by atoms with Crippen molar-refractivity contribution in [3.05, 3.63) is 23.3 Å². The maximum atomic E-state index is 11.9. The number of allylic oxidation sites excluding steroid dienone is 2. The van der Waals surface area contributed by atoms with Gasteiger partial charge in [0.15, 0.2) is 0 Å². The number of carbonyl (C=O) groups excluding carboxylic acids is 1. The molecule has 0 aliphatic heterocycles. The summed E-state index contributed by atoms with van der Waals surface area (Å²) < 4.78 is 0. The summed E-state index contributed by atoms with van der Waals surface area (Å²) >= 11 is 0. The van der Waals surface area contributed by atoms with E-state index in [1.807, 2.05) is 6.08 Å². The highest BCUT2D eigenvalue weighted by molar-refractivity contribution is 5.82. The molecule has 0 amide bonds. The lowest BCUT2D eigenvalue weighted by Gasteiger charge is -2.55. The van der Waals surface area contributed by atoms with Crippen LogP contribution in [0.4, 0.5) is 0 Å². The highest BCUT2D eigenvalue weighted by Gasteiger charge is 2.74. The molecule has 0 aromatic carbocycles. The summed E-state index contributed by atoms with van der Waals surface area (Å²) in [4.78, 5) is 11.9. The van der Waals surface area contributed by atoms with Crippen molar-refractivity contribution in [3.63, 3.8) is 0 Å². The van der Waals surface area contributed by atoms with E-state index in [2.05, 4.69) is 6.92 Å². The molecule has 5 aliphatic rings. The molecule has 3 nitrogen and oxygen atoms in total. The molecule has 0 aromatic heterocycles. The fraction of sp³-hybridized carbons (Fsp3) is 0.773. The SMILES string of the molecule is C[C@]12CCC3C4=C(CCC3C1C1CC1[C@@]2(O)C=CCO)CC(=O)CC4. The predicted octanol–water partition coefficient (Wildman–Crippen LogP) is 3.41. The Morgan fingerprint density at radius 3 is 2.84 bits per heavy atom. The van der Waals surface area contributed by atoms with Crippen molar-refractivity contribution in [2.75, 3.05) is 6.61 Å². The third kappa shape index (κ3) is 2.03. The zero-order valence-electron chi connectivity index (χ0n) is 15.2. The molecule has 3 heteroatoms. The molecule has 0 bridgehead atoms. The Labute approximate surface area is 150 Å². The van der Waals surface area contributed by atoms with Gasteiger partial charge in [-0.25, -0.2) is 0 Å². The second-order valence-electron chi connectivity index (χ2n) is 9.55. The molecule has 5 unspecified atom stereocenters. The van der Waals surface area contributed by atoms with Gasteiger partial charge in [0.1, 0.15) is 5.78 Å². The fourth-order valence-corrected chi connectivity index (χ4v) is 7.65. The minimum Gasteiger partial charge on any atom is -0.392 e. The van der Waals surface area contributed by atoms with E-state index in [9.17, 15) is 15.0 Å². The lowest BCUT2D eigenvalue weighted by Crippen LogP contribution is -2.53. The van der Waals surface area contributed by atoms with Crippen molar-refractivity contribution >= 4 is 5.78 Å². The molecule has 0 radical (unpaired) electrons. The van der Waals surface area contributed by atoms with Crippen molar-refractivity contribution in [3.8, 4) is 0 Å². The molecule has 3 saturated carbocycles. The number of hydrogen-bond donors (Lipinski definition) is 2. The Morgan fingerprint density at radius 1 is 1.20 bits per heavy atom. The average molecular weight is 342 g/mol. The number of Topliss-reactive ketones (excluding diaryl/α,β-unsaturated/α-hetero) is 1. The quantitative estimate of drug-likeness (QED) is 0.756. The Balaban J connectivity index is 1.50. The van der Waals surface area contributed by atoms with E-state index in [-0.39, 0.29) is 12.0 Å².